The summed E-state index contributed by atoms with van der Waals surface area (Å²) < 4.78 is 21.0. The van der Waals surface area contributed by atoms with E-state index in [1.165, 1.54) is 21.3 Å². The molecule has 1 amide bonds. The van der Waals surface area contributed by atoms with Crippen LogP contribution in [0.5, 0.6) is 17.2 Å². The van der Waals surface area contributed by atoms with Gasteiger partial charge in [-0.25, -0.2) is 0 Å². The molecule has 3 rings (SSSR count). The van der Waals surface area contributed by atoms with Crippen molar-refractivity contribution < 1.29 is 28.5 Å². The monoisotopic (exact) mass is 431 g/mol. The van der Waals surface area contributed by atoms with Crippen molar-refractivity contribution in [2.45, 2.75) is 12.5 Å². The van der Waals surface area contributed by atoms with Gasteiger partial charge < -0.3 is 24.3 Å². The molecule has 0 radical (unpaired) electrons. The second kappa shape index (κ2) is 9.54. The number of carbonyl (C=O) groups excluding carboxylic acids is 2. The van der Waals surface area contributed by atoms with Crippen molar-refractivity contribution >= 4 is 29.6 Å². The van der Waals surface area contributed by atoms with Gasteiger partial charge in [0.15, 0.2) is 11.5 Å². The van der Waals surface area contributed by atoms with Crippen LogP contribution in [0.1, 0.15) is 23.6 Å². The van der Waals surface area contributed by atoms with Crippen LogP contribution >= 0.6 is 11.6 Å². The van der Waals surface area contributed by atoms with Crippen molar-refractivity contribution in [2.24, 2.45) is 0 Å². The second-order valence-electron chi connectivity index (χ2n) is 6.56. The van der Waals surface area contributed by atoms with E-state index in [-0.39, 0.29) is 18.9 Å². The first-order valence-corrected chi connectivity index (χ1v) is 9.55. The van der Waals surface area contributed by atoms with E-state index in [0.29, 0.717) is 33.4 Å². The SMILES string of the molecule is COC(=O)C[C@@H](NC(=O)C1=Cc2cc(Cl)ccc2OC1)c1ccc(OC)c(OC)c1. The molecule has 1 heterocycles. The minimum atomic E-state index is -0.633. The van der Waals surface area contributed by atoms with Gasteiger partial charge in [-0.2, -0.15) is 0 Å². The zero-order valence-electron chi connectivity index (χ0n) is 16.9. The average molecular weight is 432 g/mol. The minimum absolute atomic E-state index is 0.0473. The van der Waals surface area contributed by atoms with Crippen LogP contribution in [0, 0.1) is 0 Å². The minimum Gasteiger partial charge on any atom is -0.493 e. The predicted octanol–water partition coefficient (Wildman–Crippen LogP) is 3.55. The first-order chi connectivity index (χ1) is 14.4. The zero-order valence-corrected chi connectivity index (χ0v) is 17.6. The van der Waals surface area contributed by atoms with Crippen molar-refractivity contribution in [3.05, 3.63) is 58.1 Å². The van der Waals surface area contributed by atoms with Gasteiger partial charge in [0.2, 0.25) is 0 Å². The summed E-state index contributed by atoms with van der Waals surface area (Å²) in [5, 5.41) is 3.43. The Morgan fingerprint density at radius 1 is 1.10 bits per heavy atom. The van der Waals surface area contributed by atoms with E-state index in [4.69, 9.17) is 30.5 Å². The van der Waals surface area contributed by atoms with Gasteiger partial charge in [0.05, 0.1) is 39.4 Å². The summed E-state index contributed by atoms with van der Waals surface area (Å²) >= 11 is 6.04. The average Bonchev–Trinajstić information content (AvgIpc) is 2.77. The van der Waals surface area contributed by atoms with E-state index < -0.39 is 12.0 Å². The van der Waals surface area contributed by atoms with E-state index in [9.17, 15) is 9.59 Å². The summed E-state index contributed by atoms with van der Waals surface area (Å²) in [7, 11) is 4.35. The van der Waals surface area contributed by atoms with Crippen LogP contribution in [0.25, 0.3) is 6.08 Å². The smallest absolute Gasteiger partial charge is 0.307 e. The lowest BCUT2D eigenvalue weighted by atomic mass is 10.0. The molecule has 1 N–H and O–H groups in total. The van der Waals surface area contributed by atoms with E-state index in [1.807, 2.05) is 0 Å². The van der Waals surface area contributed by atoms with Crippen molar-refractivity contribution in [3.8, 4) is 17.2 Å². The van der Waals surface area contributed by atoms with Gasteiger partial charge >= 0.3 is 5.97 Å². The second-order valence-corrected chi connectivity index (χ2v) is 7.00. The molecule has 0 fully saturated rings. The molecule has 0 saturated carbocycles. The van der Waals surface area contributed by atoms with Crippen molar-refractivity contribution in [1.29, 1.82) is 0 Å². The Bertz CT molecular complexity index is 988. The molecule has 0 bridgehead atoms. The molecule has 0 spiro atoms. The molecule has 1 aliphatic rings. The number of nitrogens with one attached hydrogen (secondary N) is 1. The van der Waals surface area contributed by atoms with Crippen LogP contribution in [-0.4, -0.2) is 39.8 Å². The lowest BCUT2D eigenvalue weighted by Crippen LogP contribution is -2.33. The van der Waals surface area contributed by atoms with Crippen LogP contribution in [0.2, 0.25) is 5.02 Å². The number of methoxy groups -OCH3 is 3. The molecule has 30 heavy (non-hydrogen) atoms. The van der Waals surface area contributed by atoms with Gasteiger partial charge in [-0.15, -0.1) is 0 Å². The lowest BCUT2D eigenvalue weighted by molar-refractivity contribution is -0.141. The molecule has 158 valence electrons. The Morgan fingerprint density at radius 3 is 2.57 bits per heavy atom. The standard InChI is InChI=1S/C22H22ClNO6/c1-27-19-6-4-13(10-20(19)28-2)17(11-21(25)29-3)24-22(26)15-8-14-9-16(23)5-7-18(14)30-12-15/h4-10,17H,11-12H2,1-3H3,(H,24,26)/t17-/m1/s1. The molecule has 0 aromatic heterocycles. The van der Waals surface area contributed by atoms with Gasteiger partial charge in [0, 0.05) is 10.6 Å². The number of hydrogen-bond acceptors (Lipinski definition) is 6. The number of rotatable bonds is 7. The maximum atomic E-state index is 12.9. The Balaban J connectivity index is 1.87. The third kappa shape index (κ3) is 4.86. The number of hydrogen-bond donors (Lipinski definition) is 1. The summed E-state index contributed by atoms with van der Waals surface area (Å²) in [5.41, 5.74) is 1.81. The third-order valence-corrected chi connectivity index (χ3v) is 4.93. The summed E-state index contributed by atoms with van der Waals surface area (Å²) in [6.07, 6.45) is 1.68. The molecule has 2 aromatic rings. The van der Waals surface area contributed by atoms with Gasteiger partial charge in [0.1, 0.15) is 12.4 Å². The highest BCUT2D eigenvalue weighted by Crippen LogP contribution is 2.32. The highest BCUT2D eigenvalue weighted by molar-refractivity contribution is 6.30. The first-order valence-electron chi connectivity index (χ1n) is 9.17. The van der Waals surface area contributed by atoms with Gasteiger partial charge in [0.25, 0.3) is 5.91 Å². The quantitative estimate of drug-likeness (QED) is 0.675. The van der Waals surface area contributed by atoms with Crippen LogP contribution in [0.3, 0.4) is 0 Å². The number of fused-ring (bicyclic) bond motifs is 1. The summed E-state index contributed by atoms with van der Waals surface area (Å²) in [5.74, 6) is 0.872. The lowest BCUT2D eigenvalue weighted by Gasteiger charge is -2.22. The number of benzene rings is 2. The van der Waals surface area contributed by atoms with Crippen molar-refractivity contribution in [2.75, 3.05) is 27.9 Å². The number of halogens is 1. The van der Waals surface area contributed by atoms with E-state index in [2.05, 4.69) is 5.32 Å². The Hall–Kier alpha value is -3.19. The highest BCUT2D eigenvalue weighted by Gasteiger charge is 2.24. The number of esters is 1. The van der Waals surface area contributed by atoms with Crippen LogP contribution in [0.15, 0.2) is 42.0 Å². The molecule has 0 saturated heterocycles. The molecule has 8 heteroatoms. The number of ether oxygens (including phenoxy) is 4. The van der Waals surface area contributed by atoms with Crippen LogP contribution in [0.4, 0.5) is 0 Å². The van der Waals surface area contributed by atoms with Gasteiger partial charge in [-0.1, -0.05) is 17.7 Å². The summed E-state index contributed by atoms with van der Waals surface area (Å²) in [6.45, 7) is 0.108. The third-order valence-electron chi connectivity index (χ3n) is 4.69. The maximum absolute atomic E-state index is 12.9. The highest BCUT2D eigenvalue weighted by atomic mass is 35.5. The molecule has 7 nitrogen and oxygen atoms in total. The zero-order chi connectivity index (χ0) is 21.7. The molecule has 0 unspecified atom stereocenters. The molecule has 1 atom stereocenters. The van der Waals surface area contributed by atoms with Gasteiger partial charge in [-0.05, 0) is 42.0 Å². The van der Waals surface area contributed by atoms with Gasteiger partial charge in [-0.3, -0.25) is 9.59 Å². The fourth-order valence-corrected chi connectivity index (χ4v) is 3.28. The fourth-order valence-electron chi connectivity index (χ4n) is 3.10. The molecule has 0 aliphatic carbocycles. The molecular formula is C22H22ClNO6. The van der Waals surface area contributed by atoms with E-state index in [0.717, 1.165) is 5.56 Å². The fraction of sp³-hybridized carbons (Fsp3) is 0.273. The molecule has 1 aliphatic heterocycles. The van der Waals surface area contributed by atoms with Crippen molar-refractivity contribution in [1.82, 2.24) is 5.32 Å². The summed E-state index contributed by atoms with van der Waals surface area (Å²) in [6, 6.07) is 9.76. The Labute approximate surface area is 179 Å². The van der Waals surface area contributed by atoms with E-state index in [1.54, 1.807) is 42.5 Å². The van der Waals surface area contributed by atoms with Crippen LogP contribution in [-0.2, 0) is 14.3 Å². The molecular weight excluding hydrogens is 410 g/mol. The Morgan fingerprint density at radius 2 is 1.87 bits per heavy atom. The van der Waals surface area contributed by atoms with E-state index >= 15 is 0 Å². The Kier molecular flexibility index (Phi) is 6.84. The largest absolute Gasteiger partial charge is 0.493 e. The topological polar surface area (TPSA) is 83.1 Å². The first kappa shape index (κ1) is 21.5. The van der Waals surface area contributed by atoms with Crippen LogP contribution < -0.4 is 19.5 Å². The number of amides is 1. The maximum Gasteiger partial charge on any atom is 0.307 e. The number of carbonyl (C=O) groups is 2. The molecule has 2 aromatic carbocycles. The van der Waals surface area contributed by atoms with Crippen molar-refractivity contribution in [3.63, 3.8) is 0 Å². The summed E-state index contributed by atoms with van der Waals surface area (Å²) in [4.78, 5) is 24.9. The normalized spacial score (nSPS) is 13.3. The predicted molar refractivity (Wildman–Crippen MR) is 112 cm³/mol.